The number of hydrogen-bond donors (Lipinski definition) is 2. The van der Waals surface area contributed by atoms with Crippen LogP contribution < -0.4 is 10.2 Å². The van der Waals surface area contributed by atoms with Crippen molar-refractivity contribution in [2.24, 2.45) is 0 Å². The summed E-state index contributed by atoms with van der Waals surface area (Å²) in [6.45, 7) is 7.31. The van der Waals surface area contributed by atoms with Gasteiger partial charge in [-0.3, -0.25) is 0 Å². The van der Waals surface area contributed by atoms with E-state index in [4.69, 9.17) is 14.8 Å². The van der Waals surface area contributed by atoms with Gasteiger partial charge in [0.15, 0.2) is 0 Å². The van der Waals surface area contributed by atoms with Crippen molar-refractivity contribution in [3.63, 3.8) is 0 Å². The Labute approximate surface area is 90.2 Å². The van der Waals surface area contributed by atoms with E-state index in [1.54, 1.807) is 18.2 Å². The molecule has 0 aliphatic heterocycles. The summed E-state index contributed by atoms with van der Waals surface area (Å²) in [6, 6.07) is 5.27. The molecule has 0 heterocycles. The lowest BCUT2D eigenvalue weighted by Gasteiger charge is -2.14. The summed E-state index contributed by atoms with van der Waals surface area (Å²) in [5.41, 5.74) is 1.33. The molecule has 0 saturated carbocycles. The summed E-state index contributed by atoms with van der Waals surface area (Å²) in [7, 11) is -1.52. The van der Waals surface area contributed by atoms with Crippen molar-refractivity contribution in [2.45, 2.75) is 20.0 Å². The monoisotopic (exact) mass is 206 g/mol. The molecule has 1 aromatic carbocycles. The maximum atomic E-state index is 9.16. The summed E-state index contributed by atoms with van der Waals surface area (Å²) in [5, 5.41) is 18.3. The first kappa shape index (κ1) is 11.8. The van der Waals surface area contributed by atoms with Gasteiger partial charge in [-0.15, -0.1) is 0 Å². The molecule has 2 N–H and O–H groups in total. The molecule has 1 aromatic rings. The topological polar surface area (TPSA) is 49.7 Å². The third-order valence-corrected chi connectivity index (χ3v) is 2.09. The lowest BCUT2D eigenvalue weighted by molar-refractivity contribution is 0.271. The van der Waals surface area contributed by atoms with Crippen LogP contribution in [0.5, 0.6) is 5.75 Å². The van der Waals surface area contributed by atoms with Crippen LogP contribution in [0.1, 0.15) is 12.5 Å². The molecule has 0 amide bonds. The van der Waals surface area contributed by atoms with Gasteiger partial charge in [0.2, 0.25) is 0 Å². The Kier molecular flexibility index (Phi) is 3.94. The van der Waals surface area contributed by atoms with Crippen molar-refractivity contribution in [1.82, 2.24) is 0 Å². The summed E-state index contributed by atoms with van der Waals surface area (Å²) >= 11 is 0. The van der Waals surface area contributed by atoms with E-state index in [2.05, 4.69) is 6.58 Å². The molecule has 0 aliphatic carbocycles. The van der Waals surface area contributed by atoms with Gasteiger partial charge >= 0.3 is 7.12 Å². The van der Waals surface area contributed by atoms with Crippen molar-refractivity contribution >= 4 is 12.6 Å². The van der Waals surface area contributed by atoms with Crippen LogP contribution in [-0.4, -0.2) is 23.3 Å². The van der Waals surface area contributed by atoms with Gasteiger partial charge in [-0.1, -0.05) is 30.4 Å². The minimum absolute atomic E-state index is 0.162. The number of hydrogen-bond acceptors (Lipinski definition) is 3. The van der Waals surface area contributed by atoms with E-state index >= 15 is 0 Å². The standard InChI is InChI=1S/C11H15BO3/c1-4-9(3)15-11-6-5-8(2)7-10(11)12(13)14/h4-7,9,13-14H,1H2,2-3H3. The molecule has 4 heteroatoms. The Balaban J connectivity index is 3.00. The minimum Gasteiger partial charge on any atom is -0.487 e. The maximum Gasteiger partial charge on any atom is 0.492 e. The third-order valence-electron chi connectivity index (χ3n) is 2.09. The first-order valence-electron chi connectivity index (χ1n) is 4.80. The predicted molar refractivity (Wildman–Crippen MR) is 61.3 cm³/mol. The lowest BCUT2D eigenvalue weighted by Crippen LogP contribution is -2.32. The molecule has 0 fully saturated rings. The fraction of sp³-hybridized carbons (Fsp3) is 0.273. The van der Waals surface area contributed by atoms with Gasteiger partial charge in [0, 0.05) is 5.46 Å². The second-order valence-corrected chi connectivity index (χ2v) is 3.47. The van der Waals surface area contributed by atoms with Gasteiger partial charge < -0.3 is 14.8 Å². The van der Waals surface area contributed by atoms with Gasteiger partial charge in [-0.05, 0) is 19.9 Å². The summed E-state index contributed by atoms with van der Waals surface area (Å²) in [4.78, 5) is 0. The highest BCUT2D eigenvalue weighted by molar-refractivity contribution is 6.59. The zero-order valence-electron chi connectivity index (χ0n) is 8.97. The van der Waals surface area contributed by atoms with Gasteiger partial charge in [-0.25, -0.2) is 0 Å². The van der Waals surface area contributed by atoms with Crippen molar-refractivity contribution < 1.29 is 14.8 Å². The molecule has 0 saturated heterocycles. The van der Waals surface area contributed by atoms with Crippen LogP contribution in [0.2, 0.25) is 0 Å². The number of rotatable bonds is 4. The average molecular weight is 206 g/mol. The molecule has 15 heavy (non-hydrogen) atoms. The van der Waals surface area contributed by atoms with Crippen LogP contribution in [0.15, 0.2) is 30.9 Å². The van der Waals surface area contributed by atoms with Crippen molar-refractivity contribution in [1.29, 1.82) is 0 Å². The first-order valence-corrected chi connectivity index (χ1v) is 4.80. The second kappa shape index (κ2) is 5.00. The SMILES string of the molecule is C=CC(C)Oc1ccc(C)cc1B(O)O. The van der Waals surface area contributed by atoms with Crippen LogP contribution in [-0.2, 0) is 0 Å². The number of benzene rings is 1. The van der Waals surface area contributed by atoms with Crippen LogP contribution in [0, 0.1) is 6.92 Å². The van der Waals surface area contributed by atoms with E-state index in [0.29, 0.717) is 11.2 Å². The Morgan fingerprint density at radius 3 is 2.67 bits per heavy atom. The second-order valence-electron chi connectivity index (χ2n) is 3.47. The average Bonchev–Trinajstić information content (AvgIpc) is 2.20. The Morgan fingerprint density at radius 2 is 2.13 bits per heavy atom. The zero-order chi connectivity index (χ0) is 11.4. The smallest absolute Gasteiger partial charge is 0.487 e. The fourth-order valence-corrected chi connectivity index (χ4v) is 1.23. The van der Waals surface area contributed by atoms with Crippen LogP contribution in [0.4, 0.5) is 0 Å². The molecule has 0 spiro atoms. The van der Waals surface area contributed by atoms with Gasteiger partial charge in [0.25, 0.3) is 0 Å². The molecule has 0 aromatic heterocycles. The van der Waals surface area contributed by atoms with Crippen LogP contribution in [0.25, 0.3) is 0 Å². The quantitative estimate of drug-likeness (QED) is 0.561. The molecule has 0 radical (unpaired) electrons. The largest absolute Gasteiger partial charge is 0.492 e. The zero-order valence-corrected chi connectivity index (χ0v) is 8.97. The molecule has 1 atom stereocenters. The molecule has 0 aliphatic rings. The van der Waals surface area contributed by atoms with Crippen molar-refractivity contribution in [3.05, 3.63) is 36.4 Å². The highest BCUT2D eigenvalue weighted by atomic mass is 16.5. The third kappa shape index (κ3) is 3.11. The maximum absolute atomic E-state index is 9.16. The van der Waals surface area contributed by atoms with E-state index in [0.717, 1.165) is 5.56 Å². The van der Waals surface area contributed by atoms with Gasteiger partial charge in [0.05, 0.1) is 0 Å². The molecule has 1 rings (SSSR count). The van der Waals surface area contributed by atoms with E-state index in [1.807, 2.05) is 19.9 Å². The Morgan fingerprint density at radius 1 is 1.47 bits per heavy atom. The van der Waals surface area contributed by atoms with E-state index in [-0.39, 0.29) is 6.10 Å². The highest BCUT2D eigenvalue weighted by Gasteiger charge is 2.17. The summed E-state index contributed by atoms with van der Waals surface area (Å²) < 4.78 is 5.47. The molecule has 0 bridgehead atoms. The molecule has 3 nitrogen and oxygen atoms in total. The summed E-state index contributed by atoms with van der Waals surface area (Å²) in [5.74, 6) is 0.475. The van der Waals surface area contributed by atoms with Gasteiger partial charge in [-0.2, -0.15) is 0 Å². The highest BCUT2D eigenvalue weighted by Crippen LogP contribution is 2.12. The first-order chi connectivity index (χ1) is 7.04. The van der Waals surface area contributed by atoms with E-state index in [1.165, 1.54) is 0 Å². The minimum atomic E-state index is -1.52. The van der Waals surface area contributed by atoms with E-state index < -0.39 is 7.12 Å². The number of ether oxygens (including phenoxy) is 1. The predicted octanol–water partition coefficient (Wildman–Crippen LogP) is 0.628. The lowest BCUT2D eigenvalue weighted by atomic mass is 9.79. The molecular formula is C11H15BO3. The fourth-order valence-electron chi connectivity index (χ4n) is 1.23. The number of aryl methyl sites for hydroxylation is 1. The normalized spacial score (nSPS) is 12.0. The van der Waals surface area contributed by atoms with Crippen LogP contribution >= 0.6 is 0 Å². The summed E-state index contributed by atoms with van der Waals surface area (Å²) in [6.07, 6.45) is 1.48. The van der Waals surface area contributed by atoms with Crippen molar-refractivity contribution in [2.75, 3.05) is 0 Å². The van der Waals surface area contributed by atoms with Gasteiger partial charge in [0.1, 0.15) is 11.9 Å². The Hall–Kier alpha value is -1.26. The van der Waals surface area contributed by atoms with Crippen molar-refractivity contribution in [3.8, 4) is 5.75 Å². The van der Waals surface area contributed by atoms with E-state index in [9.17, 15) is 0 Å². The molecular weight excluding hydrogens is 191 g/mol. The Bertz CT molecular complexity index is 350. The molecule has 1 unspecified atom stereocenters. The van der Waals surface area contributed by atoms with Crippen LogP contribution in [0.3, 0.4) is 0 Å². The molecule has 80 valence electrons.